The van der Waals surface area contributed by atoms with Crippen molar-refractivity contribution in [3.63, 3.8) is 0 Å². The SMILES string of the molecule is COc1ccc([C@@H](N)CC2CC2)cc1[N+](=O)[O-]. The van der Waals surface area contributed by atoms with Crippen molar-refractivity contribution < 1.29 is 9.66 Å². The second-order valence-electron chi connectivity index (χ2n) is 4.47. The summed E-state index contributed by atoms with van der Waals surface area (Å²) < 4.78 is 4.95. The summed E-state index contributed by atoms with van der Waals surface area (Å²) in [6.45, 7) is 0. The molecule has 0 unspecified atom stereocenters. The summed E-state index contributed by atoms with van der Waals surface area (Å²) in [6.07, 6.45) is 3.36. The molecule has 92 valence electrons. The zero-order chi connectivity index (χ0) is 12.4. The number of rotatable bonds is 5. The van der Waals surface area contributed by atoms with Crippen LogP contribution in [0.4, 0.5) is 5.69 Å². The number of benzene rings is 1. The fraction of sp³-hybridized carbons (Fsp3) is 0.500. The Morgan fingerprint density at radius 2 is 2.29 bits per heavy atom. The van der Waals surface area contributed by atoms with Crippen LogP contribution in [0.3, 0.4) is 0 Å². The molecule has 5 nitrogen and oxygen atoms in total. The minimum atomic E-state index is -0.438. The first-order valence-electron chi connectivity index (χ1n) is 5.69. The molecule has 0 spiro atoms. The molecule has 1 aliphatic rings. The Kier molecular flexibility index (Phi) is 3.28. The van der Waals surface area contributed by atoms with Crippen molar-refractivity contribution in [3.05, 3.63) is 33.9 Å². The Morgan fingerprint density at radius 1 is 1.59 bits per heavy atom. The van der Waals surface area contributed by atoms with E-state index in [2.05, 4.69) is 0 Å². The summed E-state index contributed by atoms with van der Waals surface area (Å²) in [4.78, 5) is 10.4. The van der Waals surface area contributed by atoms with E-state index in [-0.39, 0.29) is 17.5 Å². The van der Waals surface area contributed by atoms with Gasteiger partial charge < -0.3 is 10.5 Å². The molecular weight excluding hydrogens is 220 g/mol. The van der Waals surface area contributed by atoms with E-state index >= 15 is 0 Å². The molecule has 0 bridgehead atoms. The molecule has 5 heteroatoms. The van der Waals surface area contributed by atoms with Crippen LogP contribution in [-0.2, 0) is 0 Å². The molecule has 1 aromatic rings. The van der Waals surface area contributed by atoms with Gasteiger partial charge in [-0.15, -0.1) is 0 Å². The minimum absolute atomic E-state index is 0.0174. The summed E-state index contributed by atoms with van der Waals surface area (Å²) in [5, 5.41) is 10.9. The molecule has 17 heavy (non-hydrogen) atoms. The Morgan fingerprint density at radius 3 is 2.82 bits per heavy atom. The molecular formula is C12H16N2O3. The van der Waals surface area contributed by atoms with E-state index in [1.165, 1.54) is 26.0 Å². The summed E-state index contributed by atoms with van der Waals surface area (Å²) in [7, 11) is 1.42. The number of nitro groups is 1. The molecule has 1 aromatic carbocycles. The number of nitro benzene ring substituents is 1. The van der Waals surface area contributed by atoms with Crippen molar-refractivity contribution >= 4 is 5.69 Å². The second-order valence-corrected chi connectivity index (χ2v) is 4.47. The Bertz CT molecular complexity index is 430. The van der Waals surface area contributed by atoms with Crippen LogP contribution in [0.25, 0.3) is 0 Å². The Labute approximate surface area is 99.7 Å². The maximum atomic E-state index is 10.9. The molecule has 1 aliphatic carbocycles. The molecule has 0 radical (unpaired) electrons. The van der Waals surface area contributed by atoms with E-state index in [9.17, 15) is 10.1 Å². The molecule has 2 N–H and O–H groups in total. The summed E-state index contributed by atoms with van der Waals surface area (Å²) in [5.74, 6) is 0.975. The molecule has 0 heterocycles. The number of hydrogen-bond donors (Lipinski definition) is 1. The number of methoxy groups -OCH3 is 1. The summed E-state index contributed by atoms with van der Waals surface area (Å²) in [5.41, 5.74) is 6.83. The number of hydrogen-bond acceptors (Lipinski definition) is 4. The monoisotopic (exact) mass is 236 g/mol. The molecule has 0 saturated heterocycles. The van der Waals surface area contributed by atoms with Crippen molar-refractivity contribution in [1.82, 2.24) is 0 Å². The van der Waals surface area contributed by atoms with E-state index in [1.807, 2.05) is 0 Å². The van der Waals surface area contributed by atoms with Gasteiger partial charge >= 0.3 is 5.69 Å². The van der Waals surface area contributed by atoms with E-state index < -0.39 is 4.92 Å². The molecule has 1 atom stereocenters. The second kappa shape index (κ2) is 4.71. The van der Waals surface area contributed by atoms with E-state index in [4.69, 9.17) is 10.5 Å². The first-order valence-corrected chi connectivity index (χ1v) is 5.69. The Hall–Kier alpha value is -1.62. The number of ether oxygens (including phenoxy) is 1. The highest BCUT2D eigenvalue weighted by Gasteiger charge is 2.25. The van der Waals surface area contributed by atoms with Crippen molar-refractivity contribution in [2.45, 2.75) is 25.3 Å². The van der Waals surface area contributed by atoms with E-state index in [0.717, 1.165) is 12.0 Å². The predicted octanol–water partition coefficient (Wildman–Crippen LogP) is 2.40. The molecule has 1 fully saturated rings. The highest BCUT2D eigenvalue weighted by molar-refractivity contribution is 5.49. The average molecular weight is 236 g/mol. The molecule has 0 aliphatic heterocycles. The first kappa shape index (κ1) is 11.9. The molecule has 0 amide bonds. The summed E-state index contributed by atoms with van der Waals surface area (Å²) >= 11 is 0. The molecule has 0 aromatic heterocycles. The van der Waals surface area contributed by atoms with Gasteiger partial charge in [0.15, 0.2) is 5.75 Å². The zero-order valence-electron chi connectivity index (χ0n) is 9.76. The summed E-state index contributed by atoms with van der Waals surface area (Å²) in [6, 6.07) is 4.82. The zero-order valence-corrected chi connectivity index (χ0v) is 9.76. The van der Waals surface area contributed by atoms with Crippen LogP contribution in [0.1, 0.15) is 30.9 Å². The van der Waals surface area contributed by atoms with Crippen LogP contribution in [0.2, 0.25) is 0 Å². The third-order valence-corrected chi connectivity index (χ3v) is 3.11. The van der Waals surface area contributed by atoms with E-state index in [0.29, 0.717) is 5.92 Å². The van der Waals surface area contributed by atoms with Gasteiger partial charge in [-0.05, 0) is 24.0 Å². The van der Waals surface area contributed by atoms with Crippen LogP contribution in [0, 0.1) is 16.0 Å². The third-order valence-electron chi connectivity index (χ3n) is 3.11. The van der Waals surface area contributed by atoms with Crippen molar-refractivity contribution in [2.75, 3.05) is 7.11 Å². The Balaban J connectivity index is 2.22. The minimum Gasteiger partial charge on any atom is -0.490 e. The lowest BCUT2D eigenvalue weighted by atomic mass is 10.0. The van der Waals surface area contributed by atoms with Gasteiger partial charge in [0.25, 0.3) is 0 Å². The van der Waals surface area contributed by atoms with Crippen LogP contribution in [0.15, 0.2) is 18.2 Å². The van der Waals surface area contributed by atoms with E-state index in [1.54, 1.807) is 12.1 Å². The standard InChI is InChI=1S/C12H16N2O3/c1-17-12-5-4-9(7-11(12)14(15)16)10(13)6-8-2-3-8/h4-5,7-8,10H,2-3,6,13H2,1H3/t10-/m0/s1. The lowest BCUT2D eigenvalue weighted by Gasteiger charge is -2.12. The predicted molar refractivity (Wildman–Crippen MR) is 63.9 cm³/mol. The van der Waals surface area contributed by atoms with Crippen LogP contribution in [0.5, 0.6) is 5.75 Å². The number of nitrogens with two attached hydrogens (primary N) is 1. The van der Waals surface area contributed by atoms with Gasteiger partial charge in [0.1, 0.15) is 0 Å². The van der Waals surface area contributed by atoms with Crippen LogP contribution >= 0.6 is 0 Å². The maximum absolute atomic E-state index is 10.9. The topological polar surface area (TPSA) is 78.4 Å². The molecule has 1 saturated carbocycles. The largest absolute Gasteiger partial charge is 0.490 e. The van der Waals surface area contributed by atoms with Gasteiger partial charge in [0, 0.05) is 12.1 Å². The highest BCUT2D eigenvalue weighted by Crippen LogP contribution is 2.38. The van der Waals surface area contributed by atoms with Crippen molar-refractivity contribution in [1.29, 1.82) is 0 Å². The average Bonchev–Trinajstić information content (AvgIpc) is 3.11. The number of nitrogens with zero attached hydrogens (tertiary/aromatic N) is 1. The van der Waals surface area contributed by atoms with Gasteiger partial charge in [-0.25, -0.2) is 0 Å². The normalized spacial score (nSPS) is 16.6. The smallest absolute Gasteiger partial charge is 0.311 e. The maximum Gasteiger partial charge on any atom is 0.311 e. The quantitative estimate of drug-likeness (QED) is 0.629. The fourth-order valence-corrected chi connectivity index (χ4v) is 1.93. The fourth-order valence-electron chi connectivity index (χ4n) is 1.93. The van der Waals surface area contributed by atoms with Gasteiger partial charge in [-0.3, -0.25) is 10.1 Å². The first-order chi connectivity index (χ1) is 8.11. The lowest BCUT2D eigenvalue weighted by Crippen LogP contribution is -2.11. The molecule has 2 rings (SSSR count). The van der Waals surface area contributed by atoms with Crippen molar-refractivity contribution in [2.24, 2.45) is 11.7 Å². The van der Waals surface area contributed by atoms with Crippen LogP contribution < -0.4 is 10.5 Å². The lowest BCUT2D eigenvalue weighted by molar-refractivity contribution is -0.385. The van der Waals surface area contributed by atoms with Crippen LogP contribution in [-0.4, -0.2) is 12.0 Å². The van der Waals surface area contributed by atoms with Gasteiger partial charge in [0.2, 0.25) is 0 Å². The van der Waals surface area contributed by atoms with Gasteiger partial charge in [0.05, 0.1) is 12.0 Å². The third kappa shape index (κ3) is 2.74. The van der Waals surface area contributed by atoms with Crippen molar-refractivity contribution in [3.8, 4) is 5.75 Å². The van der Waals surface area contributed by atoms with Gasteiger partial charge in [-0.2, -0.15) is 0 Å². The van der Waals surface area contributed by atoms with Gasteiger partial charge in [-0.1, -0.05) is 18.9 Å². The highest BCUT2D eigenvalue weighted by atomic mass is 16.6.